The zero-order chi connectivity index (χ0) is 13.0. The number of aromatic amines is 1. The van der Waals surface area contributed by atoms with E-state index in [9.17, 15) is 5.11 Å². The standard InChI is InChI=1S/C15H9ClN2O/c16-12-9-5-3-7-11(19)13(9)18-14-8-4-1-2-6-10(8)17-15(12)14/h1-7,17,19H. The van der Waals surface area contributed by atoms with Crippen LogP contribution in [0.15, 0.2) is 42.5 Å². The van der Waals surface area contributed by atoms with Gasteiger partial charge in [-0.3, -0.25) is 0 Å². The number of hydrogen-bond acceptors (Lipinski definition) is 2. The molecule has 0 bridgehead atoms. The minimum Gasteiger partial charge on any atom is -0.506 e. The molecule has 0 atom stereocenters. The molecule has 0 radical (unpaired) electrons. The van der Waals surface area contributed by atoms with Crippen molar-refractivity contribution in [3.8, 4) is 5.75 Å². The van der Waals surface area contributed by atoms with Crippen LogP contribution in [0.3, 0.4) is 0 Å². The van der Waals surface area contributed by atoms with Crippen molar-refractivity contribution < 1.29 is 5.11 Å². The van der Waals surface area contributed by atoms with E-state index in [2.05, 4.69) is 9.97 Å². The van der Waals surface area contributed by atoms with E-state index in [0.29, 0.717) is 10.5 Å². The lowest BCUT2D eigenvalue weighted by molar-refractivity contribution is 0.480. The van der Waals surface area contributed by atoms with Gasteiger partial charge in [0, 0.05) is 16.3 Å². The summed E-state index contributed by atoms with van der Waals surface area (Å²) in [4.78, 5) is 7.84. The van der Waals surface area contributed by atoms with Crippen molar-refractivity contribution in [1.29, 1.82) is 0 Å². The SMILES string of the molecule is Oc1cccc2c(Cl)c3[nH]c4ccccc4c3nc12. The number of nitrogens with one attached hydrogen (secondary N) is 1. The third kappa shape index (κ3) is 1.36. The maximum absolute atomic E-state index is 9.93. The number of pyridine rings is 1. The molecule has 92 valence electrons. The van der Waals surface area contributed by atoms with Crippen molar-refractivity contribution in [1.82, 2.24) is 9.97 Å². The lowest BCUT2D eigenvalue weighted by Gasteiger charge is -2.03. The molecular formula is C15H9ClN2O. The number of fused-ring (bicyclic) bond motifs is 4. The molecule has 4 rings (SSSR count). The van der Waals surface area contributed by atoms with E-state index in [0.717, 1.165) is 27.3 Å². The van der Waals surface area contributed by atoms with Crippen LogP contribution in [0, 0.1) is 0 Å². The molecule has 0 unspecified atom stereocenters. The summed E-state index contributed by atoms with van der Waals surface area (Å²) in [6.07, 6.45) is 0. The van der Waals surface area contributed by atoms with Gasteiger partial charge < -0.3 is 10.1 Å². The summed E-state index contributed by atoms with van der Waals surface area (Å²) < 4.78 is 0. The zero-order valence-corrected chi connectivity index (χ0v) is 10.6. The second kappa shape index (κ2) is 3.62. The molecule has 4 heteroatoms. The molecule has 0 aliphatic carbocycles. The van der Waals surface area contributed by atoms with E-state index >= 15 is 0 Å². The lowest BCUT2D eigenvalue weighted by Crippen LogP contribution is -1.83. The number of aromatic nitrogens is 2. The van der Waals surface area contributed by atoms with Gasteiger partial charge in [0.15, 0.2) is 0 Å². The van der Waals surface area contributed by atoms with Gasteiger partial charge in [-0.05, 0) is 12.1 Å². The Morgan fingerprint density at radius 2 is 1.74 bits per heavy atom. The minimum atomic E-state index is 0.145. The summed E-state index contributed by atoms with van der Waals surface area (Å²) in [7, 11) is 0. The smallest absolute Gasteiger partial charge is 0.141 e. The van der Waals surface area contributed by atoms with Gasteiger partial charge in [-0.25, -0.2) is 4.98 Å². The van der Waals surface area contributed by atoms with Gasteiger partial charge in [-0.15, -0.1) is 0 Å². The van der Waals surface area contributed by atoms with Crippen molar-refractivity contribution >= 4 is 44.4 Å². The van der Waals surface area contributed by atoms with Crippen LogP contribution < -0.4 is 0 Å². The molecule has 2 N–H and O–H groups in total. The van der Waals surface area contributed by atoms with Crippen LogP contribution in [-0.2, 0) is 0 Å². The Morgan fingerprint density at radius 1 is 0.947 bits per heavy atom. The van der Waals surface area contributed by atoms with Crippen molar-refractivity contribution in [3.05, 3.63) is 47.5 Å². The highest BCUT2D eigenvalue weighted by Crippen LogP contribution is 2.36. The predicted molar refractivity (Wildman–Crippen MR) is 77.8 cm³/mol. The number of halogens is 1. The average Bonchev–Trinajstić information content (AvgIpc) is 2.80. The molecule has 0 spiro atoms. The van der Waals surface area contributed by atoms with Crippen LogP contribution in [0.4, 0.5) is 0 Å². The molecule has 2 heterocycles. The fourth-order valence-electron chi connectivity index (χ4n) is 2.47. The fourth-order valence-corrected chi connectivity index (χ4v) is 2.76. The highest BCUT2D eigenvalue weighted by Gasteiger charge is 2.13. The van der Waals surface area contributed by atoms with Gasteiger partial charge in [0.2, 0.25) is 0 Å². The van der Waals surface area contributed by atoms with E-state index in [1.165, 1.54) is 0 Å². The highest BCUT2D eigenvalue weighted by molar-refractivity contribution is 6.41. The number of benzene rings is 2. The number of H-pyrrole nitrogens is 1. The first-order chi connectivity index (χ1) is 9.25. The van der Waals surface area contributed by atoms with Gasteiger partial charge in [-0.1, -0.05) is 41.9 Å². The van der Waals surface area contributed by atoms with Crippen LogP contribution in [-0.4, -0.2) is 15.1 Å². The molecule has 0 aliphatic rings. The van der Waals surface area contributed by atoms with Crippen LogP contribution in [0.5, 0.6) is 5.75 Å². The van der Waals surface area contributed by atoms with Crippen molar-refractivity contribution in [2.45, 2.75) is 0 Å². The van der Waals surface area contributed by atoms with Gasteiger partial charge in [0.25, 0.3) is 0 Å². The van der Waals surface area contributed by atoms with Crippen molar-refractivity contribution in [3.63, 3.8) is 0 Å². The third-order valence-corrected chi connectivity index (χ3v) is 3.77. The summed E-state index contributed by atoms with van der Waals surface area (Å²) in [6, 6.07) is 13.1. The molecule has 0 aliphatic heterocycles. The van der Waals surface area contributed by atoms with E-state index in [1.54, 1.807) is 12.1 Å². The molecule has 0 amide bonds. The Labute approximate surface area is 113 Å². The Bertz CT molecular complexity index is 943. The molecule has 2 aromatic carbocycles. The number of phenolic OH excluding ortho intramolecular Hbond substituents is 1. The zero-order valence-electron chi connectivity index (χ0n) is 9.81. The maximum atomic E-state index is 9.93. The Morgan fingerprint density at radius 3 is 2.63 bits per heavy atom. The van der Waals surface area contributed by atoms with Gasteiger partial charge >= 0.3 is 0 Å². The number of hydrogen-bond donors (Lipinski definition) is 2. The molecule has 3 nitrogen and oxygen atoms in total. The molecule has 0 saturated carbocycles. The fraction of sp³-hybridized carbons (Fsp3) is 0. The topological polar surface area (TPSA) is 48.9 Å². The molecule has 4 aromatic rings. The summed E-state index contributed by atoms with van der Waals surface area (Å²) >= 11 is 6.44. The van der Waals surface area contributed by atoms with Gasteiger partial charge in [0.05, 0.1) is 16.1 Å². The minimum absolute atomic E-state index is 0.145. The monoisotopic (exact) mass is 268 g/mol. The summed E-state index contributed by atoms with van der Waals surface area (Å²) in [5.74, 6) is 0.145. The Hall–Kier alpha value is -2.26. The normalized spacial score (nSPS) is 11.6. The lowest BCUT2D eigenvalue weighted by atomic mass is 10.1. The first-order valence-corrected chi connectivity index (χ1v) is 6.31. The summed E-state index contributed by atoms with van der Waals surface area (Å²) in [5.41, 5.74) is 3.11. The van der Waals surface area contributed by atoms with Gasteiger partial charge in [-0.2, -0.15) is 0 Å². The second-order valence-corrected chi connectivity index (χ2v) is 4.87. The average molecular weight is 269 g/mol. The van der Waals surface area contributed by atoms with Crippen LogP contribution in [0.25, 0.3) is 32.8 Å². The molecular weight excluding hydrogens is 260 g/mol. The predicted octanol–water partition coefficient (Wildman–Crippen LogP) is 4.23. The Balaban J connectivity index is 2.34. The quantitative estimate of drug-likeness (QED) is 0.501. The largest absolute Gasteiger partial charge is 0.506 e. The van der Waals surface area contributed by atoms with E-state index < -0.39 is 0 Å². The number of aromatic hydroxyl groups is 1. The third-order valence-electron chi connectivity index (χ3n) is 3.37. The maximum Gasteiger partial charge on any atom is 0.141 e. The Kier molecular flexibility index (Phi) is 2.03. The number of rotatable bonds is 0. The first-order valence-electron chi connectivity index (χ1n) is 5.93. The molecule has 0 fully saturated rings. The van der Waals surface area contributed by atoms with Crippen molar-refractivity contribution in [2.75, 3.05) is 0 Å². The summed E-state index contributed by atoms with van der Waals surface area (Å²) in [5, 5.41) is 12.3. The number of para-hydroxylation sites is 2. The molecule has 0 saturated heterocycles. The van der Waals surface area contributed by atoms with E-state index in [1.807, 2.05) is 30.3 Å². The highest BCUT2D eigenvalue weighted by atomic mass is 35.5. The van der Waals surface area contributed by atoms with Crippen LogP contribution in [0.2, 0.25) is 5.02 Å². The van der Waals surface area contributed by atoms with E-state index in [4.69, 9.17) is 11.6 Å². The number of phenols is 1. The van der Waals surface area contributed by atoms with Crippen LogP contribution >= 0.6 is 11.6 Å². The summed E-state index contributed by atoms with van der Waals surface area (Å²) in [6.45, 7) is 0. The van der Waals surface area contributed by atoms with Gasteiger partial charge in [0.1, 0.15) is 11.3 Å². The first kappa shape index (κ1) is 10.6. The number of nitrogens with zero attached hydrogens (tertiary/aromatic N) is 1. The second-order valence-electron chi connectivity index (χ2n) is 4.49. The van der Waals surface area contributed by atoms with E-state index in [-0.39, 0.29) is 5.75 Å². The van der Waals surface area contributed by atoms with Crippen molar-refractivity contribution in [2.24, 2.45) is 0 Å². The molecule has 19 heavy (non-hydrogen) atoms. The van der Waals surface area contributed by atoms with Crippen LogP contribution in [0.1, 0.15) is 0 Å². The molecule has 2 aromatic heterocycles.